The number of hydrogen-bond acceptors (Lipinski definition) is 5. The number of hydrogen-bond donors (Lipinski definition) is 2. The fourth-order valence-electron chi connectivity index (χ4n) is 1.35. The Morgan fingerprint density at radius 2 is 1.50 bits per heavy atom. The summed E-state index contributed by atoms with van der Waals surface area (Å²) in [4.78, 5) is 0. The van der Waals surface area contributed by atoms with Gasteiger partial charge in [0.25, 0.3) is 0 Å². The number of ether oxygens (including phenoxy) is 3. The molecule has 102 valence electrons. The van der Waals surface area contributed by atoms with E-state index >= 15 is 0 Å². The van der Waals surface area contributed by atoms with Crippen LogP contribution in [0.3, 0.4) is 0 Å². The second-order valence-corrected chi connectivity index (χ2v) is 4.28. The van der Waals surface area contributed by atoms with Crippen LogP contribution in [0.15, 0.2) is 18.2 Å². The fraction of sp³-hybridized carbons (Fsp3) is 0.538. The van der Waals surface area contributed by atoms with Crippen LogP contribution in [0.1, 0.15) is 12.5 Å². The van der Waals surface area contributed by atoms with Crippen molar-refractivity contribution in [3.8, 4) is 11.5 Å². The first-order valence-corrected chi connectivity index (χ1v) is 5.64. The van der Waals surface area contributed by atoms with E-state index in [1.807, 2.05) is 12.1 Å². The van der Waals surface area contributed by atoms with Crippen molar-refractivity contribution >= 4 is 0 Å². The predicted octanol–water partition coefficient (Wildman–Crippen LogP) is 0.964. The molecule has 0 spiro atoms. The van der Waals surface area contributed by atoms with Crippen molar-refractivity contribution in [3.05, 3.63) is 23.8 Å². The first-order chi connectivity index (χ1) is 8.56. The second-order valence-electron chi connectivity index (χ2n) is 4.28. The summed E-state index contributed by atoms with van der Waals surface area (Å²) in [6, 6.07) is 5.40. The Hall–Kier alpha value is -1.30. The van der Waals surface area contributed by atoms with Gasteiger partial charge in [0.1, 0.15) is 17.1 Å². The molecular formula is C13H20O5. The van der Waals surface area contributed by atoms with Crippen LogP contribution in [0.5, 0.6) is 11.5 Å². The van der Waals surface area contributed by atoms with Crippen molar-refractivity contribution in [3.63, 3.8) is 0 Å². The quantitative estimate of drug-likeness (QED) is 0.760. The van der Waals surface area contributed by atoms with Gasteiger partial charge in [-0.25, -0.2) is 0 Å². The van der Waals surface area contributed by atoms with Crippen molar-refractivity contribution in [1.29, 1.82) is 0 Å². The van der Waals surface area contributed by atoms with E-state index in [1.165, 1.54) is 0 Å². The van der Waals surface area contributed by atoms with E-state index in [9.17, 15) is 0 Å². The third-order valence-corrected chi connectivity index (χ3v) is 2.67. The maximum atomic E-state index is 9.13. The van der Waals surface area contributed by atoms with Crippen LogP contribution in [0.25, 0.3) is 0 Å². The van der Waals surface area contributed by atoms with E-state index in [0.717, 1.165) is 5.56 Å². The maximum absolute atomic E-state index is 9.13. The molecule has 0 atom stereocenters. The molecule has 0 aliphatic heterocycles. The number of methoxy groups -OCH3 is 2. The summed E-state index contributed by atoms with van der Waals surface area (Å²) in [5, 5.41) is 18.3. The minimum atomic E-state index is -0.948. The zero-order chi connectivity index (χ0) is 13.6. The minimum absolute atomic E-state index is 0.245. The average Bonchev–Trinajstić information content (AvgIpc) is 2.44. The van der Waals surface area contributed by atoms with Gasteiger partial charge in [-0.3, -0.25) is 0 Å². The SMILES string of the molecule is COc1cc(COC(C)(CO)CO)cc(OC)c1. The van der Waals surface area contributed by atoms with Gasteiger partial charge in [0.05, 0.1) is 34.0 Å². The molecule has 0 saturated carbocycles. The molecule has 5 nitrogen and oxygen atoms in total. The average molecular weight is 256 g/mol. The van der Waals surface area contributed by atoms with Gasteiger partial charge in [-0.2, -0.15) is 0 Å². The van der Waals surface area contributed by atoms with Crippen LogP contribution >= 0.6 is 0 Å². The topological polar surface area (TPSA) is 68.2 Å². The van der Waals surface area contributed by atoms with Crippen LogP contribution in [0, 0.1) is 0 Å². The standard InChI is InChI=1S/C13H20O5/c1-13(8-14,9-15)18-7-10-4-11(16-2)6-12(5-10)17-3/h4-6,14-15H,7-9H2,1-3H3. The van der Waals surface area contributed by atoms with Crippen molar-refractivity contribution in [2.45, 2.75) is 19.1 Å². The highest BCUT2D eigenvalue weighted by Gasteiger charge is 2.23. The number of aliphatic hydroxyl groups is 2. The Morgan fingerprint density at radius 3 is 1.89 bits per heavy atom. The van der Waals surface area contributed by atoms with Crippen LogP contribution in [-0.4, -0.2) is 43.2 Å². The fourth-order valence-corrected chi connectivity index (χ4v) is 1.35. The molecule has 0 aliphatic rings. The Kier molecular flexibility index (Phi) is 5.40. The summed E-state index contributed by atoms with van der Waals surface area (Å²) in [7, 11) is 3.15. The first-order valence-electron chi connectivity index (χ1n) is 5.64. The highest BCUT2D eigenvalue weighted by Crippen LogP contribution is 2.24. The summed E-state index contributed by atoms with van der Waals surface area (Å²) in [6.07, 6.45) is 0. The number of rotatable bonds is 7. The molecule has 5 heteroatoms. The molecule has 18 heavy (non-hydrogen) atoms. The van der Waals surface area contributed by atoms with E-state index in [-0.39, 0.29) is 19.8 Å². The Balaban J connectivity index is 2.78. The lowest BCUT2D eigenvalue weighted by atomic mass is 10.1. The lowest BCUT2D eigenvalue weighted by Gasteiger charge is -2.25. The van der Waals surface area contributed by atoms with Gasteiger partial charge < -0.3 is 24.4 Å². The van der Waals surface area contributed by atoms with E-state index in [2.05, 4.69) is 0 Å². The molecule has 0 saturated heterocycles. The van der Waals surface area contributed by atoms with E-state index in [1.54, 1.807) is 27.2 Å². The lowest BCUT2D eigenvalue weighted by Crippen LogP contribution is -2.37. The van der Waals surface area contributed by atoms with Gasteiger partial charge in [-0.1, -0.05) is 0 Å². The van der Waals surface area contributed by atoms with E-state index in [0.29, 0.717) is 11.5 Å². The van der Waals surface area contributed by atoms with Crippen molar-refractivity contribution in [1.82, 2.24) is 0 Å². The van der Waals surface area contributed by atoms with Gasteiger partial charge in [0.15, 0.2) is 0 Å². The summed E-state index contributed by atoms with van der Waals surface area (Å²) < 4.78 is 15.8. The zero-order valence-electron chi connectivity index (χ0n) is 11.0. The summed E-state index contributed by atoms with van der Waals surface area (Å²) >= 11 is 0. The Morgan fingerprint density at radius 1 is 1.00 bits per heavy atom. The zero-order valence-corrected chi connectivity index (χ0v) is 11.0. The summed E-state index contributed by atoms with van der Waals surface area (Å²) in [5.74, 6) is 1.34. The molecule has 0 radical (unpaired) electrons. The molecule has 0 unspecified atom stereocenters. The molecule has 0 aromatic heterocycles. The molecule has 0 heterocycles. The van der Waals surface area contributed by atoms with Crippen molar-refractivity contribution in [2.75, 3.05) is 27.4 Å². The highest BCUT2D eigenvalue weighted by atomic mass is 16.5. The lowest BCUT2D eigenvalue weighted by molar-refractivity contribution is -0.104. The Bertz CT molecular complexity index is 351. The van der Waals surface area contributed by atoms with Crippen LogP contribution < -0.4 is 9.47 Å². The third kappa shape index (κ3) is 3.87. The molecule has 0 aliphatic carbocycles. The summed E-state index contributed by atoms with van der Waals surface area (Å²) in [6.45, 7) is 1.41. The molecule has 0 fully saturated rings. The largest absolute Gasteiger partial charge is 0.497 e. The number of benzene rings is 1. The highest BCUT2D eigenvalue weighted by molar-refractivity contribution is 5.38. The third-order valence-electron chi connectivity index (χ3n) is 2.67. The predicted molar refractivity (Wildman–Crippen MR) is 66.9 cm³/mol. The molecule has 1 rings (SSSR count). The van der Waals surface area contributed by atoms with Gasteiger partial charge in [0.2, 0.25) is 0 Å². The van der Waals surface area contributed by atoms with Crippen molar-refractivity contribution in [2.24, 2.45) is 0 Å². The van der Waals surface area contributed by atoms with Gasteiger partial charge >= 0.3 is 0 Å². The molecule has 1 aromatic carbocycles. The van der Waals surface area contributed by atoms with Gasteiger partial charge in [0, 0.05) is 6.07 Å². The molecular weight excluding hydrogens is 236 g/mol. The van der Waals surface area contributed by atoms with Crippen molar-refractivity contribution < 1.29 is 24.4 Å². The van der Waals surface area contributed by atoms with Gasteiger partial charge in [-0.15, -0.1) is 0 Å². The van der Waals surface area contributed by atoms with E-state index < -0.39 is 5.60 Å². The first kappa shape index (κ1) is 14.8. The molecule has 2 N–H and O–H groups in total. The second kappa shape index (κ2) is 6.58. The Labute approximate surface area is 107 Å². The van der Waals surface area contributed by atoms with Crippen LogP contribution in [0.2, 0.25) is 0 Å². The monoisotopic (exact) mass is 256 g/mol. The molecule has 1 aromatic rings. The smallest absolute Gasteiger partial charge is 0.122 e. The maximum Gasteiger partial charge on any atom is 0.122 e. The molecule has 0 bridgehead atoms. The van der Waals surface area contributed by atoms with Gasteiger partial charge in [-0.05, 0) is 24.6 Å². The van der Waals surface area contributed by atoms with E-state index in [4.69, 9.17) is 24.4 Å². The van der Waals surface area contributed by atoms with Crippen LogP contribution in [-0.2, 0) is 11.3 Å². The minimum Gasteiger partial charge on any atom is -0.497 e. The normalized spacial score (nSPS) is 11.4. The molecule has 0 amide bonds. The number of aliphatic hydroxyl groups excluding tert-OH is 2. The summed E-state index contributed by atoms with van der Waals surface area (Å²) in [5.41, 5.74) is -0.102. The van der Waals surface area contributed by atoms with Crippen LogP contribution in [0.4, 0.5) is 0 Å².